The Bertz CT molecular complexity index is 1180. The van der Waals surface area contributed by atoms with E-state index in [2.05, 4.69) is 21.4 Å². The standard InChI is InChI=1S/C26H30N6O3/c1-25(2,23(33)31(3)20-14-35-15-20)18-6-7-21(29-13-18)30-22-12-19(8-10-28-22)32-11-9-26(16-27,24(32)34)17-4-5-17/h6-8,10,12-13,17,20H,4-5,9,11,14-15H2,1-3H3,(H,28,29,30)/t26-/m1/s1. The Kier molecular flexibility index (Phi) is 5.72. The highest BCUT2D eigenvalue weighted by Crippen LogP contribution is 2.51. The van der Waals surface area contributed by atoms with Crippen molar-refractivity contribution < 1.29 is 14.3 Å². The number of hydrogen-bond donors (Lipinski definition) is 1. The molecule has 0 bridgehead atoms. The van der Waals surface area contributed by atoms with Gasteiger partial charge in [-0.3, -0.25) is 9.59 Å². The Morgan fingerprint density at radius 3 is 2.63 bits per heavy atom. The van der Waals surface area contributed by atoms with Crippen LogP contribution in [0.4, 0.5) is 17.3 Å². The van der Waals surface area contributed by atoms with Crippen molar-refractivity contribution in [2.75, 3.05) is 37.0 Å². The van der Waals surface area contributed by atoms with Crippen LogP contribution in [0.5, 0.6) is 0 Å². The number of carbonyl (C=O) groups excluding carboxylic acids is 2. The van der Waals surface area contributed by atoms with E-state index in [4.69, 9.17) is 4.74 Å². The van der Waals surface area contributed by atoms with E-state index in [1.807, 2.05) is 33.0 Å². The number of aromatic nitrogens is 2. The summed E-state index contributed by atoms with van der Waals surface area (Å²) in [6.45, 7) is 5.48. The van der Waals surface area contributed by atoms with Gasteiger partial charge in [-0.25, -0.2) is 9.97 Å². The maximum Gasteiger partial charge on any atom is 0.247 e. The predicted octanol–water partition coefficient (Wildman–Crippen LogP) is 3.01. The fourth-order valence-electron chi connectivity index (χ4n) is 4.94. The zero-order valence-corrected chi connectivity index (χ0v) is 20.3. The summed E-state index contributed by atoms with van der Waals surface area (Å²) in [6, 6.07) is 9.75. The lowest BCUT2D eigenvalue weighted by molar-refractivity contribution is -0.146. The van der Waals surface area contributed by atoms with Crippen LogP contribution in [0.15, 0.2) is 36.7 Å². The molecule has 4 heterocycles. The normalized spacial score (nSPS) is 22.5. The summed E-state index contributed by atoms with van der Waals surface area (Å²) >= 11 is 0. The third kappa shape index (κ3) is 4.02. The van der Waals surface area contributed by atoms with Gasteiger partial charge < -0.3 is 19.9 Å². The maximum absolute atomic E-state index is 13.1. The molecule has 0 aromatic carbocycles. The molecule has 2 saturated heterocycles. The fourth-order valence-corrected chi connectivity index (χ4v) is 4.94. The summed E-state index contributed by atoms with van der Waals surface area (Å²) in [4.78, 5) is 38.5. The molecule has 2 amide bonds. The highest BCUT2D eigenvalue weighted by atomic mass is 16.5. The Morgan fingerprint density at radius 2 is 2.03 bits per heavy atom. The second-order valence-corrected chi connectivity index (χ2v) is 10.3. The lowest BCUT2D eigenvalue weighted by atomic mass is 9.83. The number of anilines is 3. The first kappa shape index (κ1) is 23.2. The number of nitrogens with zero attached hydrogens (tertiary/aromatic N) is 5. The van der Waals surface area contributed by atoms with Crippen molar-refractivity contribution in [1.82, 2.24) is 14.9 Å². The number of nitriles is 1. The Labute approximate surface area is 205 Å². The van der Waals surface area contributed by atoms with Crippen LogP contribution in [0, 0.1) is 22.7 Å². The second-order valence-electron chi connectivity index (χ2n) is 10.3. The lowest BCUT2D eigenvalue weighted by Gasteiger charge is -2.39. The van der Waals surface area contributed by atoms with E-state index in [0.717, 1.165) is 24.1 Å². The summed E-state index contributed by atoms with van der Waals surface area (Å²) in [7, 11) is 1.82. The number of amides is 2. The average molecular weight is 475 g/mol. The van der Waals surface area contributed by atoms with Crippen molar-refractivity contribution in [1.29, 1.82) is 5.26 Å². The van der Waals surface area contributed by atoms with Gasteiger partial charge in [0.2, 0.25) is 11.8 Å². The SMILES string of the molecule is CN(C(=O)C(C)(C)c1ccc(Nc2cc(N3CC[C@@](C#N)(C4CC4)C3=O)ccn2)nc1)C1COC1. The van der Waals surface area contributed by atoms with Crippen LogP contribution in [-0.2, 0) is 19.7 Å². The number of rotatable bonds is 7. The first-order valence-corrected chi connectivity index (χ1v) is 12.0. The number of hydrogen-bond acceptors (Lipinski definition) is 7. The van der Waals surface area contributed by atoms with Crippen molar-refractivity contribution in [3.05, 3.63) is 42.2 Å². The van der Waals surface area contributed by atoms with E-state index < -0.39 is 10.8 Å². The van der Waals surface area contributed by atoms with E-state index in [0.29, 0.717) is 37.8 Å². The number of pyridine rings is 2. The van der Waals surface area contributed by atoms with E-state index in [1.54, 1.807) is 34.3 Å². The molecule has 3 aliphatic rings. The molecule has 35 heavy (non-hydrogen) atoms. The quantitative estimate of drug-likeness (QED) is 0.657. The summed E-state index contributed by atoms with van der Waals surface area (Å²) in [5.74, 6) is 1.24. The Hall–Kier alpha value is -3.51. The zero-order chi connectivity index (χ0) is 24.8. The molecule has 5 rings (SSSR count). The minimum atomic E-state index is -0.877. The van der Waals surface area contributed by atoms with Gasteiger partial charge in [-0.15, -0.1) is 0 Å². The van der Waals surface area contributed by atoms with Crippen LogP contribution in [0.1, 0.15) is 38.7 Å². The predicted molar refractivity (Wildman–Crippen MR) is 130 cm³/mol. The van der Waals surface area contributed by atoms with Crippen molar-refractivity contribution in [3.63, 3.8) is 0 Å². The van der Waals surface area contributed by atoms with Gasteiger partial charge in [0.05, 0.1) is 30.7 Å². The molecule has 0 radical (unpaired) electrons. The van der Waals surface area contributed by atoms with Crippen LogP contribution < -0.4 is 10.2 Å². The highest BCUT2D eigenvalue weighted by molar-refractivity contribution is 6.02. The minimum Gasteiger partial charge on any atom is -0.377 e. The van der Waals surface area contributed by atoms with Crippen molar-refractivity contribution >= 4 is 29.1 Å². The third-order valence-corrected chi connectivity index (χ3v) is 7.65. The molecule has 9 heteroatoms. The summed E-state index contributed by atoms with van der Waals surface area (Å²) in [5, 5.41) is 12.9. The van der Waals surface area contributed by atoms with E-state index in [9.17, 15) is 14.9 Å². The summed E-state index contributed by atoms with van der Waals surface area (Å²) < 4.78 is 5.22. The Morgan fingerprint density at radius 1 is 1.26 bits per heavy atom. The smallest absolute Gasteiger partial charge is 0.247 e. The number of carbonyl (C=O) groups is 2. The van der Waals surface area contributed by atoms with Gasteiger partial charge in [-0.05, 0) is 56.7 Å². The molecule has 1 aliphatic carbocycles. The van der Waals surface area contributed by atoms with Crippen LogP contribution in [0.3, 0.4) is 0 Å². The number of nitrogens with one attached hydrogen (secondary N) is 1. The minimum absolute atomic E-state index is 0.0256. The van der Waals surface area contributed by atoms with Crippen molar-refractivity contribution in [2.45, 2.75) is 44.6 Å². The van der Waals surface area contributed by atoms with Gasteiger partial charge in [0.15, 0.2) is 0 Å². The highest BCUT2D eigenvalue weighted by Gasteiger charge is 2.56. The molecule has 9 nitrogen and oxygen atoms in total. The molecular formula is C26H30N6O3. The Balaban J connectivity index is 1.28. The lowest BCUT2D eigenvalue weighted by Crippen LogP contribution is -2.54. The summed E-state index contributed by atoms with van der Waals surface area (Å²) in [5.41, 5.74) is -0.0639. The first-order chi connectivity index (χ1) is 16.8. The van der Waals surface area contributed by atoms with Crippen molar-refractivity contribution in [2.24, 2.45) is 11.3 Å². The molecule has 2 aromatic rings. The number of ether oxygens (including phenoxy) is 1. The molecule has 0 spiro atoms. The average Bonchev–Trinajstić information content (AvgIpc) is 3.61. The topological polar surface area (TPSA) is 111 Å². The number of likely N-dealkylation sites (N-methyl/N-ethyl adjacent to an activating group) is 1. The third-order valence-electron chi connectivity index (χ3n) is 7.65. The molecule has 2 aromatic heterocycles. The van der Waals surface area contributed by atoms with Gasteiger partial charge in [0.25, 0.3) is 0 Å². The zero-order valence-electron chi connectivity index (χ0n) is 20.3. The monoisotopic (exact) mass is 474 g/mol. The van der Waals surface area contributed by atoms with E-state index >= 15 is 0 Å². The second kappa shape index (κ2) is 8.61. The van der Waals surface area contributed by atoms with Gasteiger partial charge in [0.1, 0.15) is 17.1 Å². The molecule has 182 valence electrons. The molecule has 0 unspecified atom stereocenters. The van der Waals surface area contributed by atoms with Crippen LogP contribution in [-0.4, -0.2) is 59.5 Å². The maximum atomic E-state index is 13.1. The molecular weight excluding hydrogens is 444 g/mol. The van der Waals surface area contributed by atoms with E-state index in [-0.39, 0.29) is 23.8 Å². The molecule has 2 aliphatic heterocycles. The van der Waals surface area contributed by atoms with Gasteiger partial charge in [0, 0.05) is 37.7 Å². The van der Waals surface area contributed by atoms with Crippen LogP contribution in [0.25, 0.3) is 0 Å². The summed E-state index contributed by atoms with van der Waals surface area (Å²) in [6.07, 6.45) is 5.82. The van der Waals surface area contributed by atoms with Crippen LogP contribution in [0.2, 0.25) is 0 Å². The molecule has 1 atom stereocenters. The van der Waals surface area contributed by atoms with E-state index in [1.165, 1.54) is 0 Å². The first-order valence-electron chi connectivity index (χ1n) is 12.0. The van der Waals surface area contributed by atoms with Crippen molar-refractivity contribution in [3.8, 4) is 6.07 Å². The molecule has 1 saturated carbocycles. The van der Waals surface area contributed by atoms with Gasteiger partial charge >= 0.3 is 0 Å². The molecule has 1 N–H and O–H groups in total. The largest absolute Gasteiger partial charge is 0.377 e. The van der Waals surface area contributed by atoms with Gasteiger partial charge in [-0.1, -0.05) is 6.07 Å². The van der Waals surface area contributed by atoms with Crippen LogP contribution >= 0.6 is 0 Å². The van der Waals surface area contributed by atoms with Gasteiger partial charge in [-0.2, -0.15) is 5.26 Å². The molecule has 3 fully saturated rings. The fraction of sp³-hybridized carbons (Fsp3) is 0.500.